The van der Waals surface area contributed by atoms with Crippen LogP contribution in [0.4, 0.5) is 4.39 Å². The Morgan fingerprint density at radius 1 is 1.25 bits per heavy atom. The van der Waals surface area contributed by atoms with Crippen molar-refractivity contribution in [2.45, 2.75) is 19.4 Å². The maximum atomic E-state index is 13.7. The Hall–Kier alpha value is -2.04. The number of fused-ring (bicyclic) bond motifs is 3. The second kappa shape index (κ2) is 5.80. The van der Waals surface area contributed by atoms with E-state index in [0.717, 1.165) is 52.0 Å². The summed E-state index contributed by atoms with van der Waals surface area (Å²) >= 11 is 6.28. The zero-order chi connectivity index (χ0) is 16.8. The molecule has 2 N–H and O–H groups in total. The number of H-pyrrole nitrogens is 1. The van der Waals surface area contributed by atoms with Gasteiger partial charge in [0.15, 0.2) is 0 Å². The van der Waals surface area contributed by atoms with Crippen molar-refractivity contribution < 1.29 is 9.13 Å². The number of hydrogen-bond donors (Lipinski definition) is 2. The van der Waals surface area contributed by atoms with E-state index in [1.165, 1.54) is 6.07 Å². The van der Waals surface area contributed by atoms with Gasteiger partial charge in [0, 0.05) is 33.7 Å². The zero-order valence-electron chi connectivity index (χ0n) is 13.5. The number of halogens is 2. The van der Waals surface area contributed by atoms with Crippen molar-refractivity contribution in [2.75, 3.05) is 13.7 Å². The van der Waals surface area contributed by atoms with Crippen LogP contribution in [0.25, 0.3) is 10.9 Å². The van der Waals surface area contributed by atoms with E-state index >= 15 is 0 Å². The topological polar surface area (TPSA) is 37.0 Å². The molecule has 0 spiro atoms. The van der Waals surface area contributed by atoms with Gasteiger partial charge in [0.2, 0.25) is 0 Å². The van der Waals surface area contributed by atoms with Gasteiger partial charge in [-0.1, -0.05) is 11.6 Å². The summed E-state index contributed by atoms with van der Waals surface area (Å²) in [6, 6.07) is 8.65. The summed E-state index contributed by atoms with van der Waals surface area (Å²) < 4.78 is 19.3. The van der Waals surface area contributed by atoms with Crippen LogP contribution in [0, 0.1) is 12.7 Å². The van der Waals surface area contributed by atoms with Crippen molar-refractivity contribution in [1.82, 2.24) is 10.3 Å². The van der Waals surface area contributed by atoms with Gasteiger partial charge in [-0.05, 0) is 54.8 Å². The molecular formula is C19H18ClFN2O. The minimum absolute atomic E-state index is 0.0587. The molecule has 0 aliphatic carbocycles. The average Bonchev–Trinajstić information content (AvgIpc) is 2.92. The highest BCUT2D eigenvalue weighted by Crippen LogP contribution is 2.39. The number of nitrogens with one attached hydrogen (secondary N) is 2. The normalized spacial score (nSPS) is 17.1. The molecule has 1 aliphatic heterocycles. The van der Waals surface area contributed by atoms with Gasteiger partial charge >= 0.3 is 0 Å². The molecule has 1 unspecified atom stereocenters. The standard InChI is InChI=1S/C19H18ClFN2O/c1-10-7-11(20)8-15(19(10)24-2)17-18-13(5-6-22-17)14-9-12(21)3-4-16(14)23-18/h3-4,7-9,17,22-23H,5-6H2,1-2H3. The van der Waals surface area contributed by atoms with Gasteiger partial charge in [0.05, 0.1) is 13.2 Å². The van der Waals surface area contributed by atoms with E-state index < -0.39 is 0 Å². The summed E-state index contributed by atoms with van der Waals surface area (Å²) in [4.78, 5) is 3.45. The molecule has 2 aromatic carbocycles. The molecule has 124 valence electrons. The fraction of sp³-hybridized carbons (Fsp3) is 0.263. The van der Waals surface area contributed by atoms with Crippen molar-refractivity contribution in [1.29, 1.82) is 0 Å². The molecule has 3 nitrogen and oxygen atoms in total. The van der Waals surface area contributed by atoms with Crippen LogP contribution in [0.15, 0.2) is 30.3 Å². The molecule has 1 atom stereocenters. The Bertz CT molecular complexity index is 935. The summed E-state index contributed by atoms with van der Waals surface area (Å²) in [5.41, 5.74) is 5.16. The van der Waals surface area contributed by atoms with Crippen molar-refractivity contribution in [3.8, 4) is 5.75 Å². The van der Waals surface area contributed by atoms with E-state index in [0.29, 0.717) is 5.02 Å². The third-order valence-electron chi connectivity index (χ3n) is 4.70. The number of aryl methyl sites for hydroxylation is 1. The predicted molar refractivity (Wildman–Crippen MR) is 94.5 cm³/mol. The van der Waals surface area contributed by atoms with Crippen LogP contribution in [0.3, 0.4) is 0 Å². The highest BCUT2D eigenvalue weighted by atomic mass is 35.5. The molecule has 24 heavy (non-hydrogen) atoms. The van der Waals surface area contributed by atoms with Gasteiger partial charge in [-0.25, -0.2) is 4.39 Å². The average molecular weight is 345 g/mol. The van der Waals surface area contributed by atoms with Gasteiger partial charge in [-0.3, -0.25) is 0 Å². The first kappa shape index (κ1) is 15.5. The molecule has 3 aromatic rings. The Morgan fingerprint density at radius 3 is 2.88 bits per heavy atom. The molecule has 2 heterocycles. The zero-order valence-corrected chi connectivity index (χ0v) is 14.3. The SMILES string of the molecule is COc1c(C)cc(Cl)cc1C1NCCc2c1[nH]c1ccc(F)cc21. The lowest BCUT2D eigenvalue weighted by atomic mass is 9.92. The number of aromatic amines is 1. The van der Waals surface area contributed by atoms with E-state index in [1.54, 1.807) is 19.2 Å². The van der Waals surface area contributed by atoms with E-state index in [9.17, 15) is 4.39 Å². The third kappa shape index (κ3) is 2.38. The van der Waals surface area contributed by atoms with Crippen LogP contribution in [0.1, 0.15) is 28.4 Å². The van der Waals surface area contributed by atoms with Crippen LogP contribution in [-0.2, 0) is 6.42 Å². The Kier molecular flexibility index (Phi) is 3.74. The van der Waals surface area contributed by atoms with Crippen molar-refractivity contribution >= 4 is 22.5 Å². The quantitative estimate of drug-likeness (QED) is 0.717. The largest absolute Gasteiger partial charge is 0.496 e. The van der Waals surface area contributed by atoms with Crippen molar-refractivity contribution in [3.05, 3.63) is 63.6 Å². The molecule has 1 aromatic heterocycles. The Morgan fingerprint density at radius 2 is 2.08 bits per heavy atom. The first-order valence-electron chi connectivity index (χ1n) is 7.96. The summed E-state index contributed by atoms with van der Waals surface area (Å²) in [5.74, 6) is 0.616. The maximum absolute atomic E-state index is 13.7. The van der Waals surface area contributed by atoms with E-state index in [4.69, 9.17) is 16.3 Å². The summed E-state index contributed by atoms with van der Waals surface area (Å²) in [5, 5.41) is 5.17. The monoisotopic (exact) mass is 344 g/mol. The maximum Gasteiger partial charge on any atom is 0.127 e. The second-order valence-corrected chi connectivity index (χ2v) is 6.63. The van der Waals surface area contributed by atoms with Crippen LogP contribution < -0.4 is 10.1 Å². The lowest BCUT2D eigenvalue weighted by molar-refractivity contribution is 0.399. The highest BCUT2D eigenvalue weighted by molar-refractivity contribution is 6.30. The molecule has 0 amide bonds. The fourth-order valence-corrected chi connectivity index (χ4v) is 4.00. The third-order valence-corrected chi connectivity index (χ3v) is 4.91. The van der Waals surface area contributed by atoms with Gasteiger partial charge in [-0.2, -0.15) is 0 Å². The number of methoxy groups -OCH3 is 1. The molecule has 0 bridgehead atoms. The van der Waals surface area contributed by atoms with Gasteiger partial charge in [0.25, 0.3) is 0 Å². The minimum Gasteiger partial charge on any atom is -0.496 e. The van der Waals surface area contributed by atoms with Crippen molar-refractivity contribution in [2.24, 2.45) is 0 Å². The predicted octanol–water partition coefficient (Wildman–Crippen LogP) is 4.51. The number of hydrogen-bond acceptors (Lipinski definition) is 2. The van der Waals surface area contributed by atoms with Crippen LogP contribution >= 0.6 is 11.6 Å². The summed E-state index contributed by atoms with van der Waals surface area (Å²) in [6.07, 6.45) is 0.858. The number of aromatic nitrogens is 1. The molecule has 0 radical (unpaired) electrons. The lowest BCUT2D eigenvalue weighted by Crippen LogP contribution is -2.30. The first-order chi connectivity index (χ1) is 11.6. The number of ether oxygens (including phenoxy) is 1. The highest BCUT2D eigenvalue weighted by Gasteiger charge is 2.28. The van der Waals surface area contributed by atoms with E-state index in [2.05, 4.69) is 10.3 Å². The van der Waals surface area contributed by atoms with Crippen LogP contribution in [-0.4, -0.2) is 18.6 Å². The summed E-state index contributed by atoms with van der Waals surface area (Å²) in [6.45, 7) is 2.80. The minimum atomic E-state index is -0.212. The van der Waals surface area contributed by atoms with E-state index in [-0.39, 0.29) is 11.9 Å². The van der Waals surface area contributed by atoms with Gasteiger partial charge < -0.3 is 15.0 Å². The lowest BCUT2D eigenvalue weighted by Gasteiger charge is -2.27. The molecule has 0 fully saturated rings. The van der Waals surface area contributed by atoms with Crippen molar-refractivity contribution in [3.63, 3.8) is 0 Å². The molecule has 1 aliphatic rings. The Labute approximate surface area is 144 Å². The molecule has 5 heteroatoms. The Balaban J connectivity index is 1.93. The molecule has 4 rings (SSSR count). The second-order valence-electron chi connectivity index (χ2n) is 6.19. The smallest absolute Gasteiger partial charge is 0.127 e. The molecule has 0 saturated heterocycles. The number of rotatable bonds is 2. The van der Waals surface area contributed by atoms with Crippen LogP contribution in [0.2, 0.25) is 5.02 Å². The molecule has 0 saturated carbocycles. The molecular weight excluding hydrogens is 327 g/mol. The first-order valence-corrected chi connectivity index (χ1v) is 8.33. The summed E-state index contributed by atoms with van der Waals surface area (Å²) in [7, 11) is 1.67. The van der Waals surface area contributed by atoms with Gasteiger partial charge in [-0.15, -0.1) is 0 Å². The number of benzene rings is 2. The van der Waals surface area contributed by atoms with E-state index in [1.807, 2.05) is 19.1 Å². The van der Waals surface area contributed by atoms with Crippen LogP contribution in [0.5, 0.6) is 5.75 Å². The van der Waals surface area contributed by atoms with Gasteiger partial charge in [0.1, 0.15) is 11.6 Å². The fourth-order valence-electron chi connectivity index (χ4n) is 3.71.